The molecule has 0 unspecified atom stereocenters. The van der Waals surface area contributed by atoms with Gasteiger partial charge in [-0.15, -0.1) is 0 Å². The number of aryl methyl sites for hydroxylation is 1. The maximum atomic E-state index is 12.6. The van der Waals surface area contributed by atoms with Gasteiger partial charge in [0.05, 0.1) is 20.8 Å². The third-order valence-corrected chi connectivity index (χ3v) is 5.58. The lowest BCUT2D eigenvalue weighted by atomic mass is 10.0. The van der Waals surface area contributed by atoms with Crippen molar-refractivity contribution in [1.29, 1.82) is 0 Å². The van der Waals surface area contributed by atoms with E-state index in [4.69, 9.17) is 9.47 Å². The smallest absolute Gasteiger partial charge is 0.251 e. The number of hydrogen-bond donors (Lipinski definition) is 2. The molecule has 2 N–H and O–H groups in total. The van der Waals surface area contributed by atoms with Crippen LogP contribution in [0.4, 0.5) is 5.69 Å². The standard InChI is InChI=1S/C24H31N3O4/c1-4-17-5-8-19(9-6-17)25-23(28)16-27-13-11-20(12-14-27)26-24(29)18-7-10-21(30-2)22(15-18)31-3/h5-10,15,20H,4,11-14,16H2,1-3H3,(H,25,28)(H,26,29). The fourth-order valence-electron chi connectivity index (χ4n) is 3.71. The summed E-state index contributed by atoms with van der Waals surface area (Å²) < 4.78 is 10.5. The van der Waals surface area contributed by atoms with Crippen LogP contribution in [-0.2, 0) is 11.2 Å². The first-order chi connectivity index (χ1) is 15.0. The molecule has 166 valence electrons. The lowest BCUT2D eigenvalue weighted by molar-refractivity contribution is -0.117. The maximum Gasteiger partial charge on any atom is 0.251 e. The minimum atomic E-state index is -0.132. The SMILES string of the molecule is CCc1ccc(NC(=O)CN2CCC(NC(=O)c3ccc(OC)c(OC)c3)CC2)cc1. The molecule has 0 bridgehead atoms. The number of ether oxygens (including phenoxy) is 2. The largest absolute Gasteiger partial charge is 0.493 e. The molecule has 0 aliphatic carbocycles. The van der Waals surface area contributed by atoms with Crippen LogP contribution in [-0.4, -0.2) is 56.6 Å². The zero-order valence-corrected chi connectivity index (χ0v) is 18.4. The van der Waals surface area contributed by atoms with Crippen LogP contribution in [0.5, 0.6) is 11.5 Å². The predicted molar refractivity (Wildman–Crippen MR) is 121 cm³/mol. The lowest BCUT2D eigenvalue weighted by Crippen LogP contribution is -2.46. The molecule has 0 aromatic heterocycles. The molecule has 1 aliphatic rings. The summed E-state index contributed by atoms with van der Waals surface area (Å²) in [4.78, 5) is 27.1. The topological polar surface area (TPSA) is 79.9 Å². The van der Waals surface area contributed by atoms with Gasteiger partial charge in [0.1, 0.15) is 0 Å². The van der Waals surface area contributed by atoms with Crippen LogP contribution in [0, 0.1) is 0 Å². The van der Waals surface area contributed by atoms with E-state index in [-0.39, 0.29) is 17.9 Å². The Hall–Kier alpha value is -3.06. The highest BCUT2D eigenvalue weighted by Gasteiger charge is 2.23. The van der Waals surface area contributed by atoms with Crippen LogP contribution in [0.1, 0.15) is 35.7 Å². The number of hydrogen-bond acceptors (Lipinski definition) is 5. The highest BCUT2D eigenvalue weighted by molar-refractivity contribution is 5.95. The quantitative estimate of drug-likeness (QED) is 0.679. The van der Waals surface area contributed by atoms with E-state index in [0.29, 0.717) is 23.6 Å². The van der Waals surface area contributed by atoms with Gasteiger partial charge in [-0.3, -0.25) is 14.5 Å². The van der Waals surface area contributed by atoms with Crippen molar-refractivity contribution in [1.82, 2.24) is 10.2 Å². The van der Waals surface area contributed by atoms with Gasteiger partial charge in [0, 0.05) is 30.4 Å². The summed E-state index contributed by atoms with van der Waals surface area (Å²) in [7, 11) is 3.11. The molecule has 7 heteroatoms. The zero-order valence-electron chi connectivity index (χ0n) is 18.4. The summed E-state index contributed by atoms with van der Waals surface area (Å²) >= 11 is 0. The van der Waals surface area contributed by atoms with Gasteiger partial charge in [-0.05, 0) is 55.2 Å². The highest BCUT2D eigenvalue weighted by atomic mass is 16.5. The van der Waals surface area contributed by atoms with E-state index in [1.165, 1.54) is 5.56 Å². The van der Waals surface area contributed by atoms with E-state index in [1.54, 1.807) is 32.4 Å². The monoisotopic (exact) mass is 425 g/mol. The molecule has 2 amide bonds. The Morgan fingerprint density at radius 3 is 2.29 bits per heavy atom. The van der Waals surface area contributed by atoms with Crippen LogP contribution in [0.15, 0.2) is 42.5 Å². The second-order valence-corrected chi connectivity index (χ2v) is 7.69. The second kappa shape index (κ2) is 10.8. The third-order valence-electron chi connectivity index (χ3n) is 5.58. The van der Waals surface area contributed by atoms with Crippen molar-refractivity contribution in [3.8, 4) is 11.5 Å². The van der Waals surface area contributed by atoms with Gasteiger partial charge in [-0.1, -0.05) is 19.1 Å². The minimum absolute atomic E-state index is 0.0166. The molecule has 1 fully saturated rings. The van der Waals surface area contributed by atoms with E-state index >= 15 is 0 Å². The van der Waals surface area contributed by atoms with Crippen molar-refractivity contribution in [3.05, 3.63) is 53.6 Å². The molecule has 1 aliphatic heterocycles. The van der Waals surface area contributed by atoms with Crippen molar-refractivity contribution in [2.75, 3.05) is 39.2 Å². The van der Waals surface area contributed by atoms with Gasteiger partial charge in [0.2, 0.25) is 5.91 Å². The molecule has 7 nitrogen and oxygen atoms in total. The number of carbonyl (C=O) groups excluding carboxylic acids is 2. The Morgan fingerprint density at radius 2 is 1.68 bits per heavy atom. The molecule has 0 radical (unpaired) electrons. The number of likely N-dealkylation sites (tertiary alicyclic amines) is 1. The maximum absolute atomic E-state index is 12.6. The number of benzene rings is 2. The number of anilines is 1. The van der Waals surface area contributed by atoms with E-state index in [1.807, 2.05) is 24.3 Å². The van der Waals surface area contributed by atoms with Crippen molar-refractivity contribution in [3.63, 3.8) is 0 Å². The van der Waals surface area contributed by atoms with Crippen LogP contribution in [0.3, 0.4) is 0 Å². The first-order valence-electron chi connectivity index (χ1n) is 10.7. The average molecular weight is 426 g/mol. The molecule has 1 saturated heterocycles. The van der Waals surface area contributed by atoms with Gasteiger partial charge in [0.25, 0.3) is 5.91 Å². The Morgan fingerprint density at radius 1 is 1.00 bits per heavy atom. The van der Waals surface area contributed by atoms with Gasteiger partial charge in [-0.2, -0.15) is 0 Å². The number of nitrogens with one attached hydrogen (secondary N) is 2. The van der Waals surface area contributed by atoms with Crippen molar-refractivity contribution in [2.45, 2.75) is 32.2 Å². The predicted octanol–water partition coefficient (Wildman–Crippen LogP) is 3.10. The molecule has 31 heavy (non-hydrogen) atoms. The fourth-order valence-corrected chi connectivity index (χ4v) is 3.71. The summed E-state index contributed by atoms with van der Waals surface area (Å²) in [6.07, 6.45) is 2.58. The number of rotatable bonds is 8. The third kappa shape index (κ3) is 6.21. The summed E-state index contributed by atoms with van der Waals surface area (Å²) in [5.41, 5.74) is 2.60. The molecule has 1 heterocycles. The number of nitrogens with zero attached hydrogens (tertiary/aromatic N) is 1. The fraction of sp³-hybridized carbons (Fsp3) is 0.417. The highest BCUT2D eigenvalue weighted by Crippen LogP contribution is 2.27. The number of carbonyl (C=O) groups is 2. The zero-order chi connectivity index (χ0) is 22.2. The first-order valence-corrected chi connectivity index (χ1v) is 10.7. The Kier molecular flexibility index (Phi) is 7.89. The van der Waals surface area contributed by atoms with Gasteiger partial charge < -0.3 is 20.1 Å². The van der Waals surface area contributed by atoms with Crippen LogP contribution in [0.25, 0.3) is 0 Å². The van der Waals surface area contributed by atoms with Gasteiger partial charge in [0.15, 0.2) is 11.5 Å². The Labute approximate surface area is 183 Å². The molecule has 2 aromatic carbocycles. The Bertz CT molecular complexity index is 890. The van der Waals surface area contributed by atoms with E-state index < -0.39 is 0 Å². The van der Waals surface area contributed by atoms with Crippen LogP contribution in [0.2, 0.25) is 0 Å². The summed E-state index contributed by atoms with van der Waals surface area (Å²) in [6.45, 7) is 3.98. The second-order valence-electron chi connectivity index (χ2n) is 7.69. The lowest BCUT2D eigenvalue weighted by Gasteiger charge is -2.31. The van der Waals surface area contributed by atoms with Crippen LogP contribution >= 0.6 is 0 Å². The first kappa shape index (κ1) is 22.6. The molecular formula is C24H31N3O4. The Balaban J connectivity index is 1.44. The molecule has 0 spiro atoms. The molecular weight excluding hydrogens is 394 g/mol. The van der Waals surface area contributed by atoms with Crippen molar-refractivity contribution >= 4 is 17.5 Å². The number of methoxy groups -OCH3 is 2. The molecule has 0 atom stereocenters. The number of piperidine rings is 1. The van der Waals surface area contributed by atoms with Crippen molar-refractivity contribution in [2.24, 2.45) is 0 Å². The van der Waals surface area contributed by atoms with Crippen LogP contribution < -0.4 is 20.1 Å². The average Bonchev–Trinajstić information content (AvgIpc) is 2.80. The van der Waals surface area contributed by atoms with E-state index in [2.05, 4.69) is 22.5 Å². The molecule has 3 rings (SSSR count). The number of amides is 2. The summed E-state index contributed by atoms with van der Waals surface area (Å²) in [5.74, 6) is 0.969. The van der Waals surface area contributed by atoms with Gasteiger partial charge >= 0.3 is 0 Å². The van der Waals surface area contributed by atoms with E-state index in [0.717, 1.165) is 38.0 Å². The molecule has 2 aromatic rings. The van der Waals surface area contributed by atoms with Gasteiger partial charge in [-0.25, -0.2) is 0 Å². The van der Waals surface area contributed by atoms with Crippen molar-refractivity contribution < 1.29 is 19.1 Å². The summed E-state index contributed by atoms with van der Waals surface area (Å²) in [5, 5.41) is 6.04. The minimum Gasteiger partial charge on any atom is -0.493 e. The van der Waals surface area contributed by atoms with E-state index in [9.17, 15) is 9.59 Å². The normalized spacial score (nSPS) is 14.7. The summed E-state index contributed by atoms with van der Waals surface area (Å²) in [6, 6.07) is 13.2. The molecule has 0 saturated carbocycles.